The summed E-state index contributed by atoms with van der Waals surface area (Å²) >= 11 is 0. The van der Waals surface area contributed by atoms with E-state index < -0.39 is 0 Å². The van der Waals surface area contributed by atoms with Crippen LogP contribution in [0.3, 0.4) is 0 Å². The molecule has 0 radical (unpaired) electrons. The van der Waals surface area contributed by atoms with E-state index in [2.05, 4.69) is 71.3 Å². The van der Waals surface area contributed by atoms with Gasteiger partial charge in [-0.25, -0.2) is 4.98 Å². The summed E-state index contributed by atoms with van der Waals surface area (Å²) in [7, 11) is 0. The van der Waals surface area contributed by atoms with E-state index in [1.165, 1.54) is 24.2 Å². The monoisotopic (exact) mass is 390 g/mol. The third kappa shape index (κ3) is 4.32. The van der Waals surface area contributed by atoms with E-state index >= 15 is 0 Å². The number of hydrogen-bond acceptors (Lipinski definition) is 7. The number of rotatable bonds is 6. The van der Waals surface area contributed by atoms with Crippen LogP contribution in [0.15, 0.2) is 36.4 Å². The fourth-order valence-corrected chi connectivity index (χ4v) is 3.63. The van der Waals surface area contributed by atoms with Crippen molar-refractivity contribution in [2.75, 3.05) is 41.7 Å². The molecule has 1 saturated carbocycles. The minimum absolute atomic E-state index is 0.570. The van der Waals surface area contributed by atoms with Crippen molar-refractivity contribution in [3.8, 4) is 0 Å². The van der Waals surface area contributed by atoms with Gasteiger partial charge in [0, 0.05) is 67.0 Å². The summed E-state index contributed by atoms with van der Waals surface area (Å²) in [5.41, 5.74) is 4.30. The number of nitrogens with one attached hydrogen (secondary N) is 4. The van der Waals surface area contributed by atoms with E-state index in [9.17, 15) is 0 Å². The van der Waals surface area contributed by atoms with E-state index in [0.29, 0.717) is 11.9 Å². The molecule has 2 fully saturated rings. The van der Waals surface area contributed by atoms with Crippen LogP contribution >= 0.6 is 0 Å². The van der Waals surface area contributed by atoms with Gasteiger partial charge in [-0.2, -0.15) is 10.1 Å². The second-order valence-corrected chi connectivity index (χ2v) is 7.73. The average Bonchev–Trinajstić information content (AvgIpc) is 3.48. The van der Waals surface area contributed by atoms with Crippen LogP contribution in [-0.2, 0) is 0 Å². The minimum atomic E-state index is 0.570. The molecule has 8 heteroatoms. The fourth-order valence-electron chi connectivity index (χ4n) is 3.63. The normalized spacial score (nSPS) is 16.7. The van der Waals surface area contributed by atoms with Crippen LogP contribution in [0.25, 0.3) is 0 Å². The predicted octanol–water partition coefficient (Wildman–Crippen LogP) is 3.28. The van der Waals surface area contributed by atoms with Gasteiger partial charge in [0.1, 0.15) is 5.82 Å². The van der Waals surface area contributed by atoms with Gasteiger partial charge in [-0.1, -0.05) is 0 Å². The molecule has 2 aromatic heterocycles. The molecule has 4 N–H and O–H groups in total. The Kier molecular flexibility index (Phi) is 4.77. The Morgan fingerprint density at radius 1 is 0.966 bits per heavy atom. The maximum Gasteiger partial charge on any atom is 0.229 e. The summed E-state index contributed by atoms with van der Waals surface area (Å²) in [5, 5.41) is 17.4. The Labute approximate surface area is 170 Å². The van der Waals surface area contributed by atoms with Gasteiger partial charge in [0.2, 0.25) is 5.95 Å². The summed E-state index contributed by atoms with van der Waals surface area (Å²) in [6.45, 7) is 6.11. The van der Waals surface area contributed by atoms with Crippen LogP contribution < -0.4 is 20.9 Å². The van der Waals surface area contributed by atoms with Crippen LogP contribution in [-0.4, -0.2) is 46.3 Å². The van der Waals surface area contributed by atoms with Crippen molar-refractivity contribution in [2.45, 2.75) is 25.7 Å². The topological polar surface area (TPSA) is 93.8 Å². The first kappa shape index (κ1) is 17.9. The van der Waals surface area contributed by atoms with Crippen molar-refractivity contribution in [3.05, 3.63) is 47.8 Å². The molecule has 0 unspecified atom stereocenters. The molecule has 0 atom stereocenters. The van der Waals surface area contributed by atoms with Gasteiger partial charge in [-0.05, 0) is 44.0 Å². The Hall–Kier alpha value is -3.13. The lowest BCUT2D eigenvalue weighted by Crippen LogP contribution is -2.43. The molecule has 1 saturated heterocycles. The van der Waals surface area contributed by atoms with E-state index in [-0.39, 0.29) is 0 Å². The molecule has 29 heavy (non-hydrogen) atoms. The van der Waals surface area contributed by atoms with Crippen molar-refractivity contribution in [3.63, 3.8) is 0 Å². The Bertz CT molecular complexity index is 971. The molecule has 3 heterocycles. The van der Waals surface area contributed by atoms with Gasteiger partial charge in [-0.3, -0.25) is 5.10 Å². The summed E-state index contributed by atoms with van der Waals surface area (Å²) in [6, 6.07) is 12.4. The van der Waals surface area contributed by atoms with Gasteiger partial charge < -0.3 is 20.9 Å². The Morgan fingerprint density at radius 3 is 2.52 bits per heavy atom. The summed E-state index contributed by atoms with van der Waals surface area (Å²) in [5.74, 6) is 2.73. The zero-order chi connectivity index (χ0) is 19.6. The molecule has 0 amide bonds. The number of hydrogen-bond donors (Lipinski definition) is 4. The number of aromatic nitrogens is 4. The van der Waals surface area contributed by atoms with Crippen LogP contribution in [0.1, 0.15) is 30.1 Å². The predicted molar refractivity (Wildman–Crippen MR) is 115 cm³/mol. The smallest absolute Gasteiger partial charge is 0.229 e. The number of aromatic amines is 1. The molecule has 0 bridgehead atoms. The summed E-state index contributed by atoms with van der Waals surface area (Å²) in [6.07, 6.45) is 2.49. The summed E-state index contributed by atoms with van der Waals surface area (Å²) in [4.78, 5) is 11.5. The number of H-pyrrole nitrogens is 1. The largest absolute Gasteiger partial charge is 0.369 e. The first-order valence-corrected chi connectivity index (χ1v) is 10.2. The molecule has 1 aliphatic carbocycles. The minimum Gasteiger partial charge on any atom is -0.369 e. The lowest BCUT2D eigenvalue weighted by atomic mass is 10.2. The number of benzene rings is 1. The Morgan fingerprint density at radius 2 is 1.76 bits per heavy atom. The molecule has 8 nitrogen and oxygen atoms in total. The van der Waals surface area contributed by atoms with Crippen molar-refractivity contribution in [1.82, 2.24) is 25.5 Å². The standard InChI is InChI=1S/C21H26N8/c1-14-12-19(25-20-13-18(27-28-20)15-2-3-15)26-21(23-14)24-16-4-6-17(7-5-16)29-10-8-22-9-11-29/h4-7,12-13,15,22H,2-3,8-11H2,1H3,(H3,23,24,25,26,27,28). The summed E-state index contributed by atoms with van der Waals surface area (Å²) < 4.78 is 0. The molecule has 2 aliphatic rings. The maximum absolute atomic E-state index is 4.60. The second kappa shape index (κ2) is 7.71. The molecular weight excluding hydrogens is 364 g/mol. The highest BCUT2D eigenvalue weighted by molar-refractivity contribution is 5.61. The quantitative estimate of drug-likeness (QED) is 0.513. The fraction of sp³-hybridized carbons (Fsp3) is 0.381. The van der Waals surface area contributed by atoms with Gasteiger partial charge >= 0.3 is 0 Å². The van der Waals surface area contributed by atoms with E-state index in [1.807, 2.05) is 13.0 Å². The highest BCUT2D eigenvalue weighted by Crippen LogP contribution is 2.39. The van der Waals surface area contributed by atoms with E-state index in [1.54, 1.807) is 0 Å². The molecule has 1 aliphatic heterocycles. The number of piperazine rings is 1. The number of aryl methyl sites for hydroxylation is 1. The van der Waals surface area contributed by atoms with E-state index in [4.69, 9.17) is 0 Å². The first-order chi connectivity index (χ1) is 14.2. The van der Waals surface area contributed by atoms with Gasteiger partial charge in [0.25, 0.3) is 0 Å². The molecule has 3 aromatic rings. The molecule has 150 valence electrons. The number of nitrogens with zero attached hydrogens (tertiary/aromatic N) is 4. The van der Waals surface area contributed by atoms with E-state index in [0.717, 1.165) is 49.2 Å². The van der Waals surface area contributed by atoms with Crippen molar-refractivity contribution < 1.29 is 0 Å². The van der Waals surface area contributed by atoms with Gasteiger partial charge in [0.05, 0.1) is 0 Å². The highest BCUT2D eigenvalue weighted by Gasteiger charge is 2.25. The van der Waals surface area contributed by atoms with Crippen LogP contribution in [0.5, 0.6) is 0 Å². The lowest BCUT2D eigenvalue weighted by Gasteiger charge is -2.29. The molecule has 0 spiro atoms. The molecule has 5 rings (SSSR count). The molecule has 1 aromatic carbocycles. The maximum atomic E-state index is 4.60. The number of anilines is 5. The molecular formula is C21H26N8. The Balaban J connectivity index is 1.27. The van der Waals surface area contributed by atoms with Crippen LogP contribution in [0.2, 0.25) is 0 Å². The lowest BCUT2D eigenvalue weighted by molar-refractivity contribution is 0.589. The van der Waals surface area contributed by atoms with Gasteiger partial charge in [-0.15, -0.1) is 0 Å². The van der Waals surface area contributed by atoms with Gasteiger partial charge in [0.15, 0.2) is 5.82 Å². The van der Waals surface area contributed by atoms with Crippen molar-refractivity contribution in [1.29, 1.82) is 0 Å². The zero-order valence-electron chi connectivity index (χ0n) is 16.6. The second-order valence-electron chi connectivity index (χ2n) is 7.73. The van der Waals surface area contributed by atoms with Crippen molar-refractivity contribution in [2.24, 2.45) is 0 Å². The van der Waals surface area contributed by atoms with Crippen molar-refractivity contribution >= 4 is 29.0 Å². The van der Waals surface area contributed by atoms with Crippen LogP contribution in [0.4, 0.5) is 29.0 Å². The SMILES string of the molecule is Cc1cc(Nc2cc(C3CC3)[nH]n2)nc(Nc2ccc(N3CCNCC3)cc2)n1. The highest BCUT2D eigenvalue weighted by atomic mass is 15.2. The average molecular weight is 390 g/mol. The first-order valence-electron chi connectivity index (χ1n) is 10.2. The third-order valence-electron chi connectivity index (χ3n) is 5.33. The zero-order valence-corrected chi connectivity index (χ0v) is 16.6. The third-order valence-corrected chi connectivity index (χ3v) is 5.33. The van der Waals surface area contributed by atoms with Crippen LogP contribution in [0, 0.1) is 6.92 Å².